The first kappa shape index (κ1) is 21.1. The Kier molecular flexibility index (Phi) is 6.35. The monoisotopic (exact) mass is 503 g/mol. The second-order valence-corrected chi connectivity index (χ2v) is 8.43. The molecule has 28 heavy (non-hydrogen) atoms. The fraction of sp³-hybridized carbons (Fsp3) is 0.778. The van der Waals surface area contributed by atoms with E-state index in [0.29, 0.717) is 26.2 Å². The number of carbonyl (C=O) groups excluding carboxylic acids is 1. The van der Waals surface area contributed by atoms with Crippen molar-refractivity contribution in [3.63, 3.8) is 0 Å². The van der Waals surface area contributed by atoms with Crippen LogP contribution in [-0.4, -0.2) is 74.4 Å². The van der Waals surface area contributed by atoms with Gasteiger partial charge in [0.15, 0.2) is 11.8 Å². The van der Waals surface area contributed by atoms with Crippen molar-refractivity contribution < 1.29 is 9.53 Å². The summed E-state index contributed by atoms with van der Waals surface area (Å²) >= 11 is 0. The number of hydrogen-bond acceptors (Lipinski definition) is 7. The molecule has 1 saturated heterocycles. The van der Waals surface area contributed by atoms with Crippen LogP contribution in [0.2, 0.25) is 0 Å². The number of nitrogens with one attached hydrogen (secondary N) is 1. The molecule has 3 aliphatic heterocycles. The number of aryl methyl sites for hydroxylation is 1. The molecule has 1 aromatic heterocycles. The number of nitrogens with zero attached hydrogens (tertiary/aromatic N) is 6. The SMILES string of the molecule is CC(C)(C)OC(=O)N1CCN2C(NCc3nnc4n3CCCC4)=NCC2C1.I. The van der Waals surface area contributed by atoms with Gasteiger partial charge in [0.25, 0.3) is 0 Å². The third kappa shape index (κ3) is 4.52. The molecule has 4 heterocycles. The molecule has 0 bridgehead atoms. The fourth-order valence-corrected chi connectivity index (χ4v) is 3.88. The zero-order chi connectivity index (χ0) is 19.0. The summed E-state index contributed by atoms with van der Waals surface area (Å²) in [7, 11) is 0. The normalized spacial score (nSPS) is 21.4. The molecule has 1 atom stereocenters. The Bertz CT molecular complexity index is 743. The van der Waals surface area contributed by atoms with Crippen LogP contribution in [0.5, 0.6) is 0 Å². The van der Waals surface area contributed by atoms with Gasteiger partial charge in [-0.2, -0.15) is 0 Å². The lowest BCUT2D eigenvalue weighted by atomic mass is 10.2. The molecule has 1 aromatic rings. The van der Waals surface area contributed by atoms with Gasteiger partial charge in [-0.15, -0.1) is 34.2 Å². The number of aliphatic imine (C=N–C) groups is 1. The van der Waals surface area contributed by atoms with Crippen LogP contribution in [0.3, 0.4) is 0 Å². The number of guanidine groups is 1. The zero-order valence-corrected chi connectivity index (χ0v) is 19.2. The first-order valence-electron chi connectivity index (χ1n) is 9.84. The van der Waals surface area contributed by atoms with Crippen molar-refractivity contribution in [1.29, 1.82) is 0 Å². The third-order valence-electron chi connectivity index (χ3n) is 5.20. The number of carbonyl (C=O) groups is 1. The smallest absolute Gasteiger partial charge is 0.410 e. The van der Waals surface area contributed by atoms with Crippen molar-refractivity contribution >= 4 is 36.0 Å². The summed E-state index contributed by atoms with van der Waals surface area (Å²) in [6.45, 7) is 10.1. The van der Waals surface area contributed by atoms with E-state index >= 15 is 0 Å². The molecule has 0 radical (unpaired) electrons. The second kappa shape index (κ2) is 8.42. The summed E-state index contributed by atoms with van der Waals surface area (Å²) in [6, 6.07) is 0.209. The number of aromatic nitrogens is 3. The predicted octanol–water partition coefficient (Wildman–Crippen LogP) is 1.61. The lowest BCUT2D eigenvalue weighted by Crippen LogP contribution is -2.57. The standard InChI is InChI=1S/C18H29N7O2.HI/c1-18(2,3)27-17(26)23-8-9-24-13(12-23)10-19-16(24)20-11-15-22-21-14-6-4-5-7-25(14)15;/h13H,4-12H2,1-3H3,(H,19,20);1H. The molecule has 0 aliphatic carbocycles. The highest BCUT2D eigenvalue weighted by atomic mass is 127. The lowest BCUT2D eigenvalue weighted by Gasteiger charge is -2.39. The Hall–Kier alpha value is -1.59. The quantitative estimate of drug-likeness (QED) is 0.618. The van der Waals surface area contributed by atoms with Gasteiger partial charge in [0.1, 0.15) is 11.4 Å². The van der Waals surface area contributed by atoms with Crippen LogP contribution < -0.4 is 5.32 Å². The van der Waals surface area contributed by atoms with E-state index in [1.807, 2.05) is 20.8 Å². The molecule has 1 N–H and O–H groups in total. The van der Waals surface area contributed by atoms with E-state index in [2.05, 4.69) is 30.0 Å². The highest BCUT2D eigenvalue weighted by Crippen LogP contribution is 2.19. The summed E-state index contributed by atoms with van der Waals surface area (Å²) in [5.41, 5.74) is -0.468. The minimum atomic E-state index is -0.468. The largest absolute Gasteiger partial charge is 0.444 e. The maximum Gasteiger partial charge on any atom is 0.410 e. The average molecular weight is 503 g/mol. The van der Waals surface area contributed by atoms with Gasteiger partial charge in [0.2, 0.25) is 0 Å². The maximum absolute atomic E-state index is 12.3. The van der Waals surface area contributed by atoms with Crippen LogP contribution in [0.25, 0.3) is 0 Å². The fourth-order valence-electron chi connectivity index (χ4n) is 3.88. The number of fused-ring (bicyclic) bond motifs is 2. The summed E-state index contributed by atoms with van der Waals surface area (Å²) in [5.74, 6) is 2.97. The van der Waals surface area contributed by atoms with E-state index in [0.717, 1.165) is 37.1 Å². The van der Waals surface area contributed by atoms with Crippen LogP contribution in [0, 0.1) is 0 Å². The predicted molar refractivity (Wildman–Crippen MR) is 116 cm³/mol. The van der Waals surface area contributed by atoms with Crippen LogP contribution in [0.1, 0.15) is 45.3 Å². The van der Waals surface area contributed by atoms with Gasteiger partial charge in [0.05, 0.1) is 19.1 Å². The topological polar surface area (TPSA) is 87.9 Å². The highest BCUT2D eigenvalue weighted by Gasteiger charge is 2.36. The molecule has 1 fully saturated rings. The molecule has 0 spiro atoms. The van der Waals surface area contributed by atoms with Gasteiger partial charge < -0.3 is 24.4 Å². The van der Waals surface area contributed by atoms with Crippen LogP contribution in [-0.2, 0) is 24.2 Å². The van der Waals surface area contributed by atoms with Crippen molar-refractivity contribution in [1.82, 2.24) is 29.9 Å². The van der Waals surface area contributed by atoms with Crippen molar-refractivity contribution in [2.45, 2.75) is 64.8 Å². The molecule has 9 nitrogen and oxygen atoms in total. The van der Waals surface area contributed by atoms with Crippen LogP contribution in [0.4, 0.5) is 4.79 Å². The highest BCUT2D eigenvalue weighted by molar-refractivity contribution is 14.0. The van der Waals surface area contributed by atoms with Gasteiger partial charge in [0, 0.05) is 32.6 Å². The van der Waals surface area contributed by atoms with E-state index in [1.54, 1.807) is 4.90 Å². The summed E-state index contributed by atoms with van der Waals surface area (Å²) in [5, 5.41) is 12.1. The second-order valence-electron chi connectivity index (χ2n) is 8.43. The van der Waals surface area contributed by atoms with Crippen LogP contribution in [0.15, 0.2) is 4.99 Å². The Morgan fingerprint density at radius 1 is 1.21 bits per heavy atom. The first-order valence-corrected chi connectivity index (χ1v) is 9.84. The molecule has 0 aromatic carbocycles. The van der Waals surface area contributed by atoms with Crippen molar-refractivity contribution in [2.24, 2.45) is 4.99 Å². The third-order valence-corrected chi connectivity index (χ3v) is 5.20. The minimum Gasteiger partial charge on any atom is -0.444 e. The molecule has 3 aliphatic rings. The molecule has 1 unspecified atom stereocenters. The van der Waals surface area contributed by atoms with Crippen LogP contribution >= 0.6 is 24.0 Å². The molecule has 10 heteroatoms. The Balaban J connectivity index is 0.00000225. The number of piperazine rings is 1. The average Bonchev–Trinajstić information content (AvgIpc) is 3.22. The van der Waals surface area contributed by atoms with Crippen molar-refractivity contribution in [2.75, 3.05) is 26.2 Å². The van der Waals surface area contributed by atoms with E-state index < -0.39 is 5.60 Å². The molecular weight excluding hydrogens is 473 g/mol. The Labute approximate surface area is 182 Å². The van der Waals surface area contributed by atoms with Gasteiger partial charge in [-0.25, -0.2) is 4.79 Å². The van der Waals surface area contributed by atoms with Crippen molar-refractivity contribution in [3.8, 4) is 0 Å². The van der Waals surface area contributed by atoms with Gasteiger partial charge in [-0.05, 0) is 33.6 Å². The number of ether oxygens (including phenoxy) is 1. The minimum absolute atomic E-state index is 0. The molecule has 1 amide bonds. The van der Waals surface area contributed by atoms with Crippen molar-refractivity contribution in [3.05, 3.63) is 11.6 Å². The number of rotatable bonds is 2. The van der Waals surface area contributed by atoms with Gasteiger partial charge in [-0.1, -0.05) is 0 Å². The maximum atomic E-state index is 12.3. The first-order chi connectivity index (χ1) is 12.9. The van der Waals surface area contributed by atoms with E-state index in [4.69, 9.17) is 4.74 Å². The van der Waals surface area contributed by atoms with E-state index in [-0.39, 0.29) is 36.1 Å². The van der Waals surface area contributed by atoms with E-state index in [9.17, 15) is 4.79 Å². The van der Waals surface area contributed by atoms with Gasteiger partial charge in [-0.3, -0.25) is 4.99 Å². The summed E-state index contributed by atoms with van der Waals surface area (Å²) in [6.07, 6.45) is 3.16. The summed E-state index contributed by atoms with van der Waals surface area (Å²) in [4.78, 5) is 21.0. The van der Waals surface area contributed by atoms with E-state index in [1.165, 1.54) is 12.8 Å². The Morgan fingerprint density at radius 2 is 2.04 bits per heavy atom. The Morgan fingerprint density at radius 3 is 2.82 bits per heavy atom. The molecule has 0 saturated carbocycles. The molecular formula is C18H30IN7O2. The van der Waals surface area contributed by atoms with Gasteiger partial charge >= 0.3 is 6.09 Å². The zero-order valence-electron chi connectivity index (χ0n) is 16.8. The number of halogens is 1. The molecule has 156 valence electrons. The summed E-state index contributed by atoms with van der Waals surface area (Å²) < 4.78 is 7.73. The lowest BCUT2D eigenvalue weighted by molar-refractivity contribution is 0.0137. The number of hydrogen-bond donors (Lipinski definition) is 1. The number of amides is 1. The molecule has 4 rings (SSSR count).